The first-order chi connectivity index (χ1) is 9.97. The van der Waals surface area contributed by atoms with E-state index in [4.69, 9.17) is 11.6 Å². The van der Waals surface area contributed by atoms with Gasteiger partial charge in [0.25, 0.3) is 0 Å². The Labute approximate surface area is 130 Å². The number of ketones is 1. The van der Waals surface area contributed by atoms with E-state index in [9.17, 15) is 4.79 Å². The van der Waals surface area contributed by atoms with Crippen molar-refractivity contribution in [3.8, 4) is 0 Å². The lowest BCUT2D eigenvalue weighted by Crippen LogP contribution is -2.75. The van der Waals surface area contributed by atoms with E-state index in [1.807, 2.05) is 12.1 Å². The molecule has 3 nitrogen and oxygen atoms in total. The van der Waals surface area contributed by atoms with Crippen LogP contribution in [0.1, 0.15) is 32.0 Å². The summed E-state index contributed by atoms with van der Waals surface area (Å²) >= 11 is 6.02. The molecule has 0 amide bonds. The molecular formula is C17H21ClN2O. The molecule has 4 aliphatic heterocycles. The number of piperidine rings is 2. The second-order valence-corrected chi connectivity index (χ2v) is 7.70. The van der Waals surface area contributed by atoms with Crippen molar-refractivity contribution in [1.29, 1.82) is 0 Å². The van der Waals surface area contributed by atoms with E-state index in [-0.39, 0.29) is 10.8 Å². The summed E-state index contributed by atoms with van der Waals surface area (Å²) in [5.41, 5.74) is 0.962. The van der Waals surface area contributed by atoms with Gasteiger partial charge in [0.2, 0.25) is 0 Å². The molecule has 4 heteroatoms. The number of benzene rings is 1. The molecule has 21 heavy (non-hydrogen) atoms. The molecule has 0 aliphatic carbocycles. The summed E-state index contributed by atoms with van der Waals surface area (Å²) in [4.78, 5) is 17.9. The molecule has 4 fully saturated rings. The van der Waals surface area contributed by atoms with Gasteiger partial charge < -0.3 is 0 Å². The largest absolute Gasteiger partial charge is 0.298 e. The van der Waals surface area contributed by atoms with Crippen LogP contribution in [0.25, 0.3) is 0 Å². The number of halogens is 1. The first-order valence-electron chi connectivity index (χ1n) is 7.76. The summed E-state index contributed by atoms with van der Waals surface area (Å²) in [5.74, 6) is 0.500. The molecule has 1 aromatic carbocycles. The summed E-state index contributed by atoms with van der Waals surface area (Å²) in [5, 5.41) is 0.778. The van der Waals surface area contributed by atoms with Gasteiger partial charge in [-0.3, -0.25) is 14.6 Å². The Kier molecular flexibility index (Phi) is 2.82. The van der Waals surface area contributed by atoms with Gasteiger partial charge in [-0.15, -0.1) is 0 Å². The summed E-state index contributed by atoms with van der Waals surface area (Å²) in [6, 6.07) is 8.18. The monoisotopic (exact) mass is 304 g/mol. The van der Waals surface area contributed by atoms with E-state index in [1.54, 1.807) is 0 Å². The zero-order valence-corrected chi connectivity index (χ0v) is 13.4. The van der Waals surface area contributed by atoms with Crippen molar-refractivity contribution >= 4 is 17.4 Å². The lowest BCUT2D eigenvalue weighted by molar-refractivity contribution is -0.200. The number of nitrogens with zero attached hydrogens (tertiary/aromatic N) is 2. The molecule has 2 atom stereocenters. The Bertz CT molecular complexity index is 581. The molecule has 0 radical (unpaired) electrons. The highest BCUT2D eigenvalue weighted by atomic mass is 35.5. The van der Waals surface area contributed by atoms with Crippen molar-refractivity contribution < 1.29 is 4.79 Å². The van der Waals surface area contributed by atoms with Crippen LogP contribution in [0.4, 0.5) is 0 Å². The molecule has 4 heterocycles. The average molecular weight is 305 g/mol. The van der Waals surface area contributed by atoms with Crippen molar-refractivity contribution in [3.05, 3.63) is 34.9 Å². The highest BCUT2D eigenvalue weighted by Crippen LogP contribution is 2.53. The number of carbonyl (C=O) groups excluding carboxylic acids is 1. The minimum absolute atomic E-state index is 0.145. The van der Waals surface area contributed by atoms with Crippen LogP contribution in [0.15, 0.2) is 24.3 Å². The summed E-state index contributed by atoms with van der Waals surface area (Å²) in [7, 11) is 0. The summed E-state index contributed by atoms with van der Waals surface area (Å²) < 4.78 is 0. The van der Waals surface area contributed by atoms with Crippen LogP contribution in [0.2, 0.25) is 5.02 Å². The lowest BCUT2D eigenvalue weighted by atomic mass is 9.60. The van der Waals surface area contributed by atoms with Crippen LogP contribution >= 0.6 is 11.6 Å². The second kappa shape index (κ2) is 4.31. The maximum Gasteiger partial charge on any atom is 0.150 e. The normalized spacial score (nSPS) is 44.3. The number of hydrogen-bond acceptors (Lipinski definition) is 3. The Morgan fingerprint density at radius 1 is 1.14 bits per heavy atom. The molecule has 4 bridgehead atoms. The van der Waals surface area contributed by atoms with Gasteiger partial charge in [-0.2, -0.15) is 0 Å². The molecule has 0 saturated carbocycles. The van der Waals surface area contributed by atoms with Crippen molar-refractivity contribution in [2.45, 2.75) is 26.4 Å². The fourth-order valence-corrected chi connectivity index (χ4v) is 4.96. The van der Waals surface area contributed by atoms with Crippen LogP contribution < -0.4 is 0 Å². The number of carbonyl (C=O) groups is 1. The third-order valence-electron chi connectivity index (χ3n) is 5.68. The maximum absolute atomic E-state index is 12.9. The molecule has 2 unspecified atom stereocenters. The fourth-order valence-electron chi connectivity index (χ4n) is 4.83. The van der Waals surface area contributed by atoms with Gasteiger partial charge in [0.05, 0.1) is 17.0 Å². The van der Waals surface area contributed by atoms with E-state index in [2.05, 4.69) is 35.8 Å². The molecule has 5 rings (SSSR count). The van der Waals surface area contributed by atoms with Crippen molar-refractivity contribution in [2.75, 3.05) is 26.2 Å². The van der Waals surface area contributed by atoms with Gasteiger partial charge in [0, 0.05) is 31.2 Å². The summed E-state index contributed by atoms with van der Waals surface area (Å²) in [6.07, 6.45) is 1.25. The van der Waals surface area contributed by atoms with E-state index in [0.717, 1.165) is 37.6 Å². The zero-order valence-electron chi connectivity index (χ0n) is 12.6. The molecule has 4 saturated heterocycles. The molecule has 0 N–H and O–H groups in total. The Morgan fingerprint density at radius 3 is 2.24 bits per heavy atom. The van der Waals surface area contributed by atoms with Gasteiger partial charge in [-0.1, -0.05) is 37.6 Å². The van der Waals surface area contributed by atoms with Crippen molar-refractivity contribution in [3.63, 3.8) is 0 Å². The highest BCUT2D eigenvalue weighted by Gasteiger charge is 2.63. The Hall–Kier alpha value is -0.900. The van der Waals surface area contributed by atoms with Gasteiger partial charge in [0.15, 0.2) is 0 Å². The smallest absolute Gasteiger partial charge is 0.150 e. The zero-order chi connectivity index (χ0) is 14.8. The van der Waals surface area contributed by atoms with Crippen molar-refractivity contribution in [1.82, 2.24) is 9.80 Å². The Morgan fingerprint density at radius 2 is 1.71 bits per heavy atom. The minimum atomic E-state index is -0.185. The lowest BCUT2D eigenvalue weighted by Gasteiger charge is -2.65. The van der Waals surface area contributed by atoms with Crippen molar-refractivity contribution in [2.24, 2.45) is 10.8 Å². The first-order valence-corrected chi connectivity index (χ1v) is 8.14. The molecule has 0 spiro atoms. The average Bonchev–Trinajstić information content (AvgIpc) is 2.45. The molecule has 112 valence electrons. The predicted molar refractivity (Wildman–Crippen MR) is 83.2 cm³/mol. The minimum Gasteiger partial charge on any atom is -0.298 e. The van der Waals surface area contributed by atoms with E-state index in [0.29, 0.717) is 11.9 Å². The fraction of sp³-hybridized carbons (Fsp3) is 0.588. The van der Waals surface area contributed by atoms with E-state index < -0.39 is 0 Å². The van der Waals surface area contributed by atoms with Gasteiger partial charge in [0.1, 0.15) is 5.78 Å². The van der Waals surface area contributed by atoms with Crippen LogP contribution in [0.3, 0.4) is 0 Å². The van der Waals surface area contributed by atoms with Gasteiger partial charge in [-0.05, 0) is 24.1 Å². The van der Waals surface area contributed by atoms with Crippen LogP contribution in [0, 0.1) is 10.8 Å². The number of hydrogen-bond donors (Lipinski definition) is 0. The third-order valence-corrected chi connectivity index (χ3v) is 5.93. The maximum atomic E-state index is 12.9. The van der Waals surface area contributed by atoms with Crippen LogP contribution in [0.5, 0.6) is 0 Å². The van der Waals surface area contributed by atoms with E-state index in [1.165, 1.54) is 5.56 Å². The van der Waals surface area contributed by atoms with Gasteiger partial charge in [-0.25, -0.2) is 0 Å². The standard InChI is InChI=1S/C17H21ClN2O/c1-3-17-10-19-8-16(2,15(17)21)9-20(11-17)14(19)12-4-6-13(18)7-5-12/h4-7,14H,3,8-11H2,1-2H3. The molecule has 0 aromatic heterocycles. The van der Waals surface area contributed by atoms with E-state index >= 15 is 0 Å². The number of Topliss-reactive ketones (excluding diaryl/α,β-unsaturated/α-hetero) is 1. The highest BCUT2D eigenvalue weighted by molar-refractivity contribution is 6.30. The predicted octanol–water partition coefficient (Wildman–Crippen LogP) is 2.96. The molecule has 1 aromatic rings. The van der Waals surface area contributed by atoms with Crippen LogP contribution in [-0.4, -0.2) is 41.8 Å². The number of rotatable bonds is 2. The first kappa shape index (κ1) is 13.7. The SMILES string of the molecule is CCC12CN3CC(C)(CN(C1)C3c1ccc(Cl)cc1)C2=O. The quantitative estimate of drug-likeness (QED) is 0.839. The topological polar surface area (TPSA) is 23.6 Å². The third kappa shape index (κ3) is 1.77. The second-order valence-electron chi connectivity index (χ2n) is 7.26. The molecule has 4 aliphatic rings. The molecular weight excluding hydrogens is 284 g/mol. The Balaban J connectivity index is 1.74. The van der Waals surface area contributed by atoms with Gasteiger partial charge >= 0.3 is 0 Å². The van der Waals surface area contributed by atoms with Crippen LogP contribution in [-0.2, 0) is 4.79 Å². The summed E-state index contributed by atoms with van der Waals surface area (Å²) in [6.45, 7) is 7.89.